The summed E-state index contributed by atoms with van der Waals surface area (Å²) in [6, 6.07) is 13.5. The molecule has 0 aliphatic rings. The highest BCUT2D eigenvalue weighted by Crippen LogP contribution is 2.17. The second-order valence-electron chi connectivity index (χ2n) is 4.51. The van der Waals surface area contributed by atoms with Crippen LogP contribution in [0.2, 0.25) is 0 Å². The maximum Gasteiger partial charge on any atom is 0.338 e. The molecule has 2 aromatic carbocycles. The van der Waals surface area contributed by atoms with Gasteiger partial charge in [-0.15, -0.1) is 0 Å². The summed E-state index contributed by atoms with van der Waals surface area (Å²) in [5.74, 6) is -0.232. The molecule has 0 unspecified atom stereocenters. The van der Waals surface area contributed by atoms with Crippen LogP contribution < -0.4 is 4.74 Å². The number of hydrogen-bond acceptors (Lipinski definition) is 5. The molecule has 0 N–H and O–H groups in total. The minimum atomic E-state index is -0.473. The predicted octanol–water partition coefficient (Wildman–Crippen LogP) is 3.47. The van der Waals surface area contributed by atoms with E-state index < -0.39 is 11.9 Å². The highest BCUT2D eigenvalue weighted by atomic mass is 79.9. The normalized spacial score (nSPS) is 10.0. The monoisotopic (exact) mass is 378 g/mol. The third kappa shape index (κ3) is 5.10. The lowest BCUT2D eigenvalue weighted by atomic mass is 10.1. The molecule has 0 saturated heterocycles. The van der Waals surface area contributed by atoms with Crippen LogP contribution in [0.5, 0.6) is 5.75 Å². The van der Waals surface area contributed by atoms with E-state index in [-0.39, 0.29) is 13.2 Å². The summed E-state index contributed by atoms with van der Waals surface area (Å²) in [6.45, 7) is 0.381. The molecule has 0 bridgehead atoms. The van der Waals surface area contributed by atoms with Crippen LogP contribution in [-0.2, 0) is 9.47 Å². The van der Waals surface area contributed by atoms with Crippen molar-refractivity contribution < 1.29 is 23.8 Å². The quantitative estimate of drug-likeness (QED) is 0.568. The molecule has 0 amide bonds. The van der Waals surface area contributed by atoms with Crippen molar-refractivity contribution in [2.24, 2.45) is 0 Å². The Morgan fingerprint density at radius 2 is 1.61 bits per heavy atom. The average Bonchev–Trinajstić information content (AvgIpc) is 2.58. The van der Waals surface area contributed by atoms with Gasteiger partial charge in [-0.05, 0) is 42.5 Å². The number of rotatable bonds is 6. The lowest BCUT2D eigenvalue weighted by molar-refractivity contribution is 0.0449. The molecule has 120 valence electrons. The molecule has 0 aliphatic heterocycles. The van der Waals surface area contributed by atoms with Crippen LogP contribution in [0.25, 0.3) is 0 Å². The van der Waals surface area contributed by atoms with E-state index in [1.54, 1.807) is 0 Å². The predicted molar refractivity (Wildman–Crippen MR) is 87.7 cm³/mol. The van der Waals surface area contributed by atoms with Gasteiger partial charge in [-0.25, -0.2) is 9.59 Å². The Labute approximate surface area is 142 Å². The minimum Gasteiger partial charge on any atom is -0.490 e. The number of methoxy groups -OCH3 is 1. The van der Waals surface area contributed by atoms with Gasteiger partial charge in [0.05, 0.1) is 18.2 Å². The van der Waals surface area contributed by atoms with Crippen molar-refractivity contribution in [2.75, 3.05) is 20.3 Å². The minimum absolute atomic E-state index is 0.129. The standard InChI is InChI=1S/C17H15BrO5/c1-21-16(19)12-5-7-13(8-6-12)17(20)23-10-9-22-15-4-2-3-14(18)11-15/h2-8,11H,9-10H2,1H3. The van der Waals surface area contributed by atoms with Crippen LogP contribution >= 0.6 is 15.9 Å². The van der Waals surface area contributed by atoms with E-state index in [1.165, 1.54) is 31.4 Å². The number of carbonyl (C=O) groups excluding carboxylic acids is 2. The Balaban J connectivity index is 1.79. The fourth-order valence-electron chi connectivity index (χ4n) is 1.79. The molecule has 0 atom stereocenters. The van der Waals surface area contributed by atoms with Crippen molar-refractivity contribution in [3.05, 3.63) is 64.1 Å². The first-order valence-corrected chi connectivity index (χ1v) is 7.63. The van der Waals surface area contributed by atoms with E-state index in [2.05, 4.69) is 20.7 Å². The molecular formula is C17H15BrO5. The molecule has 0 aromatic heterocycles. The van der Waals surface area contributed by atoms with Crippen LogP contribution in [0.4, 0.5) is 0 Å². The Morgan fingerprint density at radius 3 is 2.22 bits per heavy atom. The summed E-state index contributed by atoms with van der Waals surface area (Å²) in [5.41, 5.74) is 0.738. The highest BCUT2D eigenvalue weighted by Gasteiger charge is 2.10. The Bertz CT molecular complexity index is 682. The number of ether oxygens (including phenoxy) is 3. The van der Waals surface area contributed by atoms with Gasteiger partial charge in [0.2, 0.25) is 0 Å². The van der Waals surface area contributed by atoms with Gasteiger partial charge in [0, 0.05) is 4.47 Å². The second kappa shape index (κ2) is 8.33. The van der Waals surface area contributed by atoms with Crippen LogP contribution in [0.3, 0.4) is 0 Å². The van der Waals surface area contributed by atoms with Crippen molar-refractivity contribution in [1.29, 1.82) is 0 Å². The van der Waals surface area contributed by atoms with Crippen LogP contribution in [-0.4, -0.2) is 32.3 Å². The van der Waals surface area contributed by atoms with Crippen molar-refractivity contribution in [3.63, 3.8) is 0 Å². The summed E-state index contributed by atoms with van der Waals surface area (Å²) in [5, 5.41) is 0. The molecule has 0 saturated carbocycles. The van der Waals surface area contributed by atoms with Gasteiger partial charge in [0.15, 0.2) is 0 Å². The smallest absolute Gasteiger partial charge is 0.338 e. The van der Waals surface area contributed by atoms with Gasteiger partial charge in [0.1, 0.15) is 19.0 Å². The van der Waals surface area contributed by atoms with Gasteiger partial charge < -0.3 is 14.2 Å². The van der Waals surface area contributed by atoms with Crippen molar-refractivity contribution in [1.82, 2.24) is 0 Å². The van der Waals surface area contributed by atoms with E-state index in [9.17, 15) is 9.59 Å². The van der Waals surface area contributed by atoms with Crippen molar-refractivity contribution in [2.45, 2.75) is 0 Å². The van der Waals surface area contributed by atoms with Crippen LogP contribution in [0.1, 0.15) is 20.7 Å². The zero-order valence-electron chi connectivity index (χ0n) is 12.5. The van der Waals surface area contributed by atoms with Gasteiger partial charge in [0.25, 0.3) is 0 Å². The van der Waals surface area contributed by atoms with E-state index in [0.717, 1.165) is 4.47 Å². The van der Waals surface area contributed by atoms with E-state index in [0.29, 0.717) is 16.9 Å². The molecule has 0 aliphatic carbocycles. The van der Waals surface area contributed by atoms with Gasteiger partial charge >= 0.3 is 11.9 Å². The molecule has 5 nitrogen and oxygen atoms in total. The SMILES string of the molecule is COC(=O)c1ccc(C(=O)OCCOc2cccc(Br)c2)cc1. The molecule has 6 heteroatoms. The van der Waals surface area contributed by atoms with Gasteiger partial charge in [-0.2, -0.15) is 0 Å². The molecule has 23 heavy (non-hydrogen) atoms. The van der Waals surface area contributed by atoms with Gasteiger partial charge in [-0.3, -0.25) is 0 Å². The first-order valence-electron chi connectivity index (χ1n) is 6.84. The average molecular weight is 379 g/mol. The zero-order valence-corrected chi connectivity index (χ0v) is 14.0. The van der Waals surface area contributed by atoms with Crippen molar-refractivity contribution >= 4 is 27.9 Å². The van der Waals surface area contributed by atoms with Gasteiger partial charge in [-0.1, -0.05) is 22.0 Å². The summed E-state index contributed by atoms with van der Waals surface area (Å²) < 4.78 is 16.1. The Kier molecular flexibility index (Phi) is 6.17. The Hall–Kier alpha value is -2.34. The molecule has 0 spiro atoms. The van der Waals surface area contributed by atoms with Crippen LogP contribution in [0, 0.1) is 0 Å². The number of hydrogen-bond donors (Lipinski definition) is 0. The molecule has 0 heterocycles. The van der Waals surface area contributed by atoms with E-state index >= 15 is 0 Å². The second-order valence-corrected chi connectivity index (χ2v) is 5.43. The topological polar surface area (TPSA) is 61.8 Å². The fraction of sp³-hybridized carbons (Fsp3) is 0.176. The molecular weight excluding hydrogens is 364 g/mol. The number of esters is 2. The highest BCUT2D eigenvalue weighted by molar-refractivity contribution is 9.10. The molecule has 2 rings (SSSR count). The van der Waals surface area contributed by atoms with E-state index in [4.69, 9.17) is 9.47 Å². The largest absolute Gasteiger partial charge is 0.490 e. The fourth-order valence-corrected chi connectivity index (χ4v) is 2.17. The zero-order chi connectivity index (χ0) is 16.7. The third-order valence-electron chi connectivity index (χ3n) is 2.92. The number of carbonyl (C=O) groups is 2. The summed E-state index contributed by atoms with van der Waals surface area (Å²) in [4.78, 5) is 23.2. The molecule has 0 radical (unpaired) electrons. The first-order chi connectivity index (χ1) is 11.1. The summed E-state index contributed by atoms with van der Waals surface area (Å²) in [6.07, 6.45) is 0. The summed E-state index contributed by atoms with van der Waals surface area (Å²) in [7, 11) is 1.30. The maximum absolute atomic E-state index is 11.9. The third-order valence-corrected chi connectivity index (χ3v) is 3.42. The van der Waals surface area contributed by atoms with Crippen LogP contribution in [0.15, 0.2) is 53.0 Å². The lowest BCUT2D eigenvalue weighted by Crippen LogP contribution is -2.12. The molecule has 0 fully saturated rings. The number of benzene rings is 2. The lowest BCUT2D eigenvalue weighted by Gasteiger charge is -2.08. The number of halogens is 1. The summed E-state index contributed by atoms with van der Waals surface area (Å²) >= 11 is 3.35. The maximum atomic E-state index is 11.9. The first kappa shape index (κ1) is 17.0. The Morgan fingerprint density at radius 1 is 0.957 bits per heavy atom. The van der Waals surface area contributed by atoms with Crippen molar-refractivity contribution in [3.8, 4) is 5.75 Å². The van der Waals surface area contributed by atoms with E-state index in [1.807, 2.05) is 24.3 Å². The molecule has 2 aromatic rings.